The Kier molecular flexibility index (Phi) is 4.87. The molecule has 9 heteroatoms. The van der Waals surface area contributed by atoms with Crippen LogP contribution >= 0.6 is 0 Å². The molecule has 25 heavy (non-hydrogen) atoms. The maximum atomic E-state index is 12.8. The molecule has 3 rings (SSSR count). The van der Waals surface area contributed by atoms with Gasteiger partial charge in [-0.1, -0.05) is 5.16 Å². The molecule has 1 amide bonds. The van der Waals surface area contributed by atoms with Crippen molar-refractivity contribution in [3.8, 4) is 0 Å². The lowest BCUT2D eigenvalue weighted by atomic mass is 10.1. The van der Waals surface area contributed by atoms with Gasteiger partial charge in [0.05, 0.1) is 5.56 Å². The first-order valence-electron chi connectivity index (χ1n) is 8.03. The maximum absolute atomic E-state index is 12.8. The van der Waals surface area contributed by atoms with Crippen LogP contribution in [0.5, 0.6) is 0 Å². The van der Waals surface area contributed by atoms with Gasteiger partial charge >= 0.3 is 0 Å². The highest BCUT2D eigenvalue weighted by Gasteiger charge is 2.34. The van der Waals surface area contributed by atoms with Crippen LogP contribution in [0.4, 0.5) is 0 Å². The molecule has 0 bridgehead atoms. The van der Waals surface area contributed by atoms with Crippen molar-refractivity contribution < 1.29 is 17.7 Å². The first-order chi connectivity index (χ1) is 11.9. The van der Waals surface area contributed by atoms with Gasteiger partial charge in [-0.2, -0.15) is 4.31 Å². The van der Waals surface area contributed by atoms with Gasteiger partial charge in [-0.25, -0.2) is 8.42 Å². The van der Waals surface area contributed by atoms with Crippen molar-refractivity contribution in [2.45, 2.75) is 37.6 Å². The summed E-state index contributed by atoms with van der Waals surface area (Å²) in [5.74, 6) is 0.102. The van der Waals surface area contributed by atoms with Gasteiger partial charge in [0, 0.05) is 31.5 Å². The predicted octanol–water partition coefficient (Wildman–Crippen LogP) is 1.27. The molecule has 1 fully saturated rings. The van der Waals surface area contributed by atoms with Crippen LogP contribution in [0.25, 0.3) is 0 Å². The van der Waals surface area contributed by atoms with Crippen molar-refractivity contribution in [3.63, 3.8) is 0 Å². The summed E-state index contributed by atoms with van der Waals surface area (Å²) in [4.78, 5) is 16.2. The van der Waals surface area contributed by atoms with Crippen molar-refractivity contribution in [1.82, 2.24) is 19.8 Å². The van der Waals surface area contributed by atoms with Gasteiger partial charge < -0.3 is 9.84 Å². The Labute approximate surface area is 146 Å². The van der Waals surface area contributed by atoms with E-state index >= 15 is 0 Å². The zero-order chi connectivity index (χ0) is 18.0. The Morgan fingerprint density at radius 1 is 1.32 bits per heavy atom. The maximum Gasteiger partial charge on any atom is 0.253 e. The number of aromatic nitrogens is 2. The van der Waals surface area contributed by atoms with Crippen LogP contribution < -0.4 is 5.32 Å². The monoisotopic (exact) mass is 364 g/mol. The fourth-order valence-corrected chi connectivity index (χ4v) is 4.74. The van der Waals surface area contributed by atoms with E-state index in [9.17, 15) is 13.2 Å². The summed E-state index contributed by atoms with van der Waals surface area (Å²) >= 11 is 0. The number of carbonyl (C=O) groups is 1. The van der Waals surface area contributed by atoms with Gasteiger partial charge in [-0.05, 0) is 38.8 Å². The average Bonchev–Trinajstić information content (AvgIpc) is 2.95. The Balaban J connectivity index is 1.63. The highest BCUT2D eigenvalue weighted by atomic mass is 32.2. The van der Waals surface area contributed by atoms with Gasteiger partial charge in [0.15, 0.2) is 5.76 Å². The largest absolute Gasteiger partial charge is 0.360 e. The minimum Gasteiger partial charge on any atom is -0.360 e. The number of rotatable bonds is 4. The van der Waals surface area contributed by atoms with E-state index in [1.165, 1.54) is 10.5 Å². The lowest BCUT2D eigenvalue weighted by Gasteiger charge is -2.31. The number of nitrogens with zero attached hydrogens (tertiary/aromatic N) is 3. The van der Waals surface area contributed by atoms with E-state index in [-0.39, 0.29) is 16.8 Å². The van der Waals surface area contributed by atoms with E-state index in [2.05, 4.69) is 15.5 Å². The van der Waals surface area contributed by atoms with Gasteiger partial charge in [-0.3, -0.25) is 9.78 Å². The van der Waals surface area contributed by atoms with E-state index in [1.54, 1.807) is 32.2 Å². The summed E-state index contributed by atoms with van der Waals surface area (Å²) in [6.07, 6.45) is 4.21. The van der Waals surface area contributed by atoms with E-state index in [0.717, 1.165) is 0 Å². The molecule has 0 atom stereocenters. The number of amides is 1. The summed E-state index contributed by atoms with van der Waals surface area (Å²) in [5, 5.41) is 6.65. The van der Waals surface area contributed by atoms with E-state index in [0.29, 0.717) is 42.9 Å². The standard InChI is InChI=1S/C16H20N4O4S/c1-11-15(12(2)24-19-11)25(22,23)20-8-5-14(6-9-20)18-16(21)13-4-3-7-17-10-13/h3-4,7,10,14H,5-6,8-9H2,1-2H3,(H,18,21). The Bertz CT molecular complexity index is 836. The quantitative estimate of drug-likeness (QED) is 0.876. The van der Waals surface area contributed by atoms with Crippen molar-refractivity contribution in [1.29, 1.82) is 0 Å². The third-order valence-corrected chi connectivity index (χ3v) is 6.42. The molecule has 1 saturated heterocycles. The lowest BCUT2D eigenvalue weighted by Crippen LogP contribution is -2.46. The molecule has 1 aliphatic heterocycles. The minimum atomic E-state index is -3.63. The van der Waals surface area contributed by atoms with Gasteiger partial charge in [0.1, 0.15) is 10.6 Å². The topological polar surface area (TPSA) is 105 Å². The van der Waals surface area contributed by atoms with Crippen LogP contribution in [0.15, 0.2) is 33.9 Å². The molecule has 3 heterocycles. The normalized spacial score (nSPS) is 16.7. The van der Waals surface area contributed by atoms with Crippen LogP contribution in [-0.4, -0.2) is 47.9 Å². The molecule has 0 aromatic carbocycles. The second-order valence-corrected chi connectivity index (χ2v) is 7.92. The van der Waals surface area contributed by atoms with Crippen LogP contribution in [0.2, 0.25) is 0 Å². The van der Waals surface area contributed by atoms with E-state index in [1.807, 2.05) is 0 Å². The van der Waals surface area contributed by atoms with Gasteiger partial charge in [0.25, 0.3) is 5.91 Å². The van der Waals surface area contributed by atoms with E-state index in [4.69, 9.17) is 4.52 Å². The molecule has 8 nitrogen and oxygen atoms in total. The smallest absolute Gasteiger partial charge is 0.253 e. The molecule has 134 valence electrons. The van der Waals surface area contributed by atoms with E-state index < -0.39 is 10.0 Å². The molecule has 0 unspecified atom stereocenters. The Morgan fingerprint density at radius 2 is 2.04 bits per heavy atom. The summed E-state index contributed by atoms with van der Waals surface area (Å²) in [6, 6.07) is 3.33. The number of carbonyl (C=O) groups excluding carboxylic acids is 1. The van der Waals surface area contributed by atoms with Crippen molar-refractivity contribution in [2.24, 2.45) is 0 Å². The molecule has 2 aromatic rings. The molecule has 0 aliphatic carbocycles. The zero-order valence-electron chi connectivity index (χ0n) is 14.1. The van der Waals surface area contributed by atoms with Crippen molar-refractivity contribution in [3.05, 3.63) is 41.5 Å². The molecular formula is C16H20N4O4S. The number of piperidine rings is 1. The summed E-state index contributed by atoms with van der Waals surface area (Å²) in [7, 11) is -3.63. The predicted molar refractivity (Wildman–Crippen MR) is 89.5 cm³/mol. The number of pyridine rings is 1. The molecule has 1 aliphatic rings. The summed E-state index contributed by atoms with van der Waals surface area (Å²) < 4.78 is 31.9. The molecular weight excluding hydrogens is 344 g/mol. The summed E-state index contributed by atoms with van der Waals surface area (Å²) in [6.45, 7) is 3.88. The lowest BCUT2D eigenvalue weighted by molar-refractivity contribution is 0.0923. The van der Waals surface area contributed by atoms with Crippen LogP contribution in [-0.2, 0) is 10.0 Å². The number of aryl methyl sites for hydroxylation is 2. The highest BCUT2D eigenvalue weighted by Crippen LogP contribution is 2.25. The third-order valence-electron chi connectivity index (χ3n) is 4.28. The van der Waals surface area contributed by atoms with Gasteiger partial charge in [-0.15, -0.1) is 0 Å². The molecule has 1 N–H and O–H groups in total. The number of hydrogen-bond donors (Lipinski definition) is 1. The Morgan fingerprint density at radius 3 is 2.60 bits per heavy atom. The SMILES string of the molecule is Cc1noc(C)c1S(=O)(=O)N1CCC(NC(=O)c2cccnc2)CC1. The summed E-state index contributed by atoms with van der Waals surface area (Å²) in [5.41, 5.74) is 0.859. The van der Waals surface area contributed by atoms with Crippen LogP contribution in [0.3, 0.4) is 0 Å². The molecule has 0 spiro atoms. The minimum absolute atomic E-state index is 0.0659. The second-order valence-electron chi connectivity index (χ2n) is 6.05. The number of sulfonamides is 1. The first kappa shape index (κ1) is 17.6. The van der Waals surface area contributed by atoms with Crippen molar-refractivity contribution in [2.75, 3.05) is 13.1 Å². The molecule has 0 radical (unpaired) electrons. The fourth-order valence-electron chi connectivity index (χ4n) is 2.98. The molecule has 0 saturated carbocycles. The zero-order valence-corrected chi connectivity index (χ0v) is 14.9. The van der Waals surface area contributed by atoms with Gasteiger partial charge in [0.2, 0.25) is 10.0 Å². The van der Waals surface area contributed by atoms with Crippen LogP contribution in [0.1, 0.15) is 34.7 Å². The fraction of sp³-hybridized carbons (Fsp3) is 0.438. The average molecular weight is 364 g/mol. The second kappa shape index (κ2) is 6.93. The Hall–Kier alpha value is -2.26. The molecule has 2 aromatic heterocycles. The van der Waals surface area contributed by atoms with Crippen molar-refractivity contribution >= 4 is 15.9 Å². The first-order valence-corrected chi connectivity index (χ1v) is 9.47. The third kappa shape index (κ3) is 3.57. The van der Waals surface area contributed by atoms with Crippen LogP contribution in [0, 0.1) is 13.8 Å². The number of hydrogen-bond acceptors (Lipinski definition) is 6. The number of nitrogens with one attached hydrogen (secondary N) is 1. The highest BCUT2D eigenvalue weighted by molar-refractivity contribution is 7.89.